The molecule has 1 aromatic heterocycles. The number of carbonyl (C=O) groups excluding carboxylic acids is 1. The van der Waals surface area contributed by atoms with Crippen molar-refractivity contribution in [3.63, 3.8) is 0 Å². The number of aromatic nitrogens is 1. The Morgan fingerprint density at radius 3 is 2.38 bits per heavy atom. The Kier molecular flexibility index (Phi) is 10.7. The highest BCUT2D eigenvalue weighted by Crippen LogP contribution is 2.36. The molecule has 0 unspecified atom stereocenters. The number of halogens is 2. The van der Waals surface area contributed by atoms with Gasteiger partial charge in [0.15, 0.2) is 27.8 Å². The summed E-state index contributed by atoms with van der Waals surface area (Å²) < 4.78 is 32.1. The molecular formula is C33H30BrIN2O7S. The summed E-state index contributed by atoms with van der Waals surface area (Å²) in [6, 6.07) is 16.3. The predicted molar refractivity (Wildman–Crippen MR) is 184 cm³/mol. The van der Waals surface area contributed by atoms with Gasteiger partial charge in [-0.3, -0.25) is 9.36 Å². The highest BCUT2D eigenvalue weighted by Gasteiger charge is 2.31. The Balaban J connectivity index is 1.56. The third-order valence-corrected chi connectivity index (χ3v) is 9.29. The second kappa shape index (κ2) is 14.6. The molecule has 0 amide bonds. The maximum absolute atomic E-state index is 14.0. The van der Waals surface area contributed by atoms with Crippen LogP contribution in [0.3, 0.4) is 0 Å². The van der Waals surface area contributed by atoms with Crippen LogP contribution in [0.4, 0.5) is 0 Å². The SMILES string of the molecule is CCOc1ccc([C@H]2C(C(=O)OC)=CN=c3s/c(=C\c4cc(OC)c(OCc5ccc(I)cc5)cc4Br)c(=O)n32)cc1OCC. The Hall–Kier alpha value is -3.62. The van der Waals surface area contributed by atoms with E-state index in [-0.39, 0.29) is 11.1 Å². The molecule has 1 atom stereocenters. The van der Waals surface area contributed by atoms with Gasteiger partial charge in [0.25, 0.3) is 5.56 Å². The van der Waals surface area contributed by atoms with Crippen molar-refractivity contribution in [3.8, 4) is 23.0 Å². The zero-order valence-electron chi connectivity index (χ0n) is 25.0. The number of thiazole rings is 1. The molecule has 3 aromatic carbocycles. The van der Waals surface area contributed by atoms with Crippen LogP contribution < -0.4 is 33.8 Å². The fourth-order valence-corrected chi connectivity index (χ4v) is 6.56. The van der Waals surface area contributed by atoms with Crippen LogP contribution in [-0.2, 0) is 16.1 Å². The fraction of sp³-hybridized carbons (Fsp3) is 0.242. The lowest BCUT2D eigenvalue weighted by atomic mass is 9.97. The second-order valence-corrected chi connectivity index (χ2v) is 12.8. The molecule has 1 aliphatic rings. The van der Waals surface area contributed by atoms with E-state index in [0.29, 0.717) is 67.8 Å². The highest BCUT2D eigenvalue weighted by atomic mass is 127. The van der Waals surface area contributed by atoms with Crippen molar-refractivity contribution < 1.29 is 28.5 Å². The minimum Gasteiger partial charge on any atom is -0.493 e. The van der Waals surface area contributed by atoms with Crippen molar-refractivity contribution in [2.24, 2.45) is 4.99 Å². The lowest BCUT2D eigenvalue weighted by Gasteiger charge is -2.23. The average molecular weight is 805 g/mol. The quantitative estimate of drug-likeness (QED) is 0.140. The first-order valence-corrected chi connectivity index (χ1v) is 16.7. The summed E-state index contributed by atoms with van der Waals surface area (Å²) in [4.78, 5) is 31.8. The maximum atomic E-state index is 14.0. The zero-order chi connectivity index (χ0) is 32.1. The molecule has 0 saturated heterocycles. The van der Waals surface area contributed by atoms with Gasteiger partial charge >= 0.3 is 5.97 Å². The largest absolute Gasteiger partial charge is 0.493 e. The van der Waals surface area contributed by atoms with E-state index in [1.54, 1.807) is 25.3 Å². The van der Waals surface area contributed by atoms with Crippen LogP contribution in [0, 0.1) is 3.57 Å². The zero-order valence-corrected chi connectivity index (χ0v) is 29.5. The summed E-state index contributed by atoms with van der Waals surface area (Å²) in [5, 5.41) is 0. The molecule has 1 aliphatic heterocycles. The fourth-order valence-electron chi connectivity index (χ4n) is 4.80. The molecule has 0 bridgehead atoms. The van der Waals surface area contributed by atoms with Gasteiger partial charge in [-0.25, -0.2) is 9.79 Å². The Bertz CT molecular complexity index is 1940. The summed E-state index contributed by atoms with van der Waals surface area (Å²) >= 11 is 7.12. The summed E-state index contributed by atoms with van der Waals surface area (Å²) in [7, 11) is 2.87. The van der Waals surface area contributed by atoms with Crippen LogP contribution >= 0.6 is 49.9 Å². The van der Waals surface area contributed by atoms with Crippen molar-refractivity contribution in [1.29, 1.82) is 0 Å². The number of methoxy groups -OCH3 is 2. The summed E-state index contributed by atoms with van der Waals surface area (Å²) in [6.07, 6.45) is 3.23. The van der Waals surface area contributed by atoms with Gasteiger partial charge in [0.1, 0.15) is 6.61 Å². The van der Waals surface area contributed by atoms with Crippen LogP contribution in [0.1, 0.15) is 36.6 Å². The highest BCUT2D eigenvalue weighted by molar-refractivity contribution is 14.1. The molecule has 0 fully saturated rings. The van der Waals surface area contributed by atoms with Crippen LogP contribution in [-0.4, -0.2) is 38.0 Å². The standard InChI is InChI=1S/C33H30BrIN2O7S/c1-5-42-25-12-9-20(13-27(25)43-6-2)30-23(32(39)41-4)17-36-33-37(30)31(38)29(45-33)15-21-14-26(40-3)28(16-24(21)34)44-18-19-7-10-22(35)11-8-19/h7-17,30H,5-6,18H2,1-4H3/b29-15-/t30-/m0/s1. The van der Waals surface area contributed by atoms with E-state index >= 15 is 0 Å². The van der Waals surface area contributed by atoms with Crippen molar-refractivity contribution in [1.82, 2.24) is 4.57 Å². The number of nitrogens with zero attached hydrogens (tertiary/aromatic N) is 2. The molecule has 234 valence electrons. The van der Waals surface area contributed by atoms with E-state index in [4.69, 9.17) is 23.7 Å². The van der Waals surface area contributed by atoms with Crippen LogP contribution in [0.5, 0.6) is 23.0 Å². The van der Waals surface area contributed by atoms with E-state index in [1.807, 2.05) is 56.3 Å². The van der Waals surface area contributed by atoms with Gasteiger partial charge in [0.05, 0.1) is 43.6 Å². The molecule has 0 aliphatic carbocycles. The summed E-state index contributed by atoms with van der Waals surface area (Å²) in [5.74, 6) is 1.58. The topological polar surface area (TPSA) is 97.6 Å². The molecule has 0 radical (unpaired) electrons. The molecular weight excluding hydrogens is 775 g/mol. The lowest BCUT2D eigenvalue weighted by molar-refractivity contribution is -0.136. The number of hydrogen-bond acceptors (Lipinski definition) is 9. The molecule has 0 saturated carbocycles. The molecule has 12 heteroatoms. The van der Waals surface area contributed by atoms with Crippen molar-refractivity contribution in [2.45, 2.75) is 26.5 Å². The molecule has 5 rings (SSSR count). The van der Waals surface area contributed by atoms with Gasteiger partial charge in [-0.2, -0.15) is 0 Å². The van der Waals surface area contributed by atoms with Crippen LogP contribution in [0.15, 0.2) is 80.6 Å². The van der Waals surface area contributed by atoms with Crippen LogP contribution in [0.25, 0.3) is 6.08 Å². The van der Waals surface area contributed by atoms with E-state index in [9.17, 15) is 9.59 Å². The number of ether oxygens (including phenoxy) is 5. The predicted octanol–water partition coefficient (Wildman–Crippen LogP) is 5.77. The lowest BCUT2D eigenvalue weighted by Crippen LogP contribution is -2.39. The molecule has 4 aromatic rings. The van der Waals surface area contributed by atoms with E-state index in [1.165, 1.54) is 29.2 Å². The van der Waals surface area contributed by atoms with Gasteiger partial charge in [-0.15, -0.1) is 0 Å². The Labute approximate surface area is 286 Å². The smallest absolute Gasteiger partial charge is 0.337 e. The second-order valence-electron chi connectivity index (χ2n) is 9.69. The Morgan fingerprint density at radius 1 is 0.978 bits per heavy atom. The van der Waals surface area contributed by atoms with Crippen molar-refractivity contribution in [2.75, 3.05) is 27.4 Å². The summed E-state index contributed by atoms with van der Waals surface area (Å²) in [5.41, 5.74) is 2.30. The van der Waals surface area contributed by atoms with E-state index in [0.717, 1.165) is 9.13 Å². The number of hydrogen-bond donors (Lipinski definition) is 0. The number of fused-ring (bicyclic) bond motifs is 1. The third-order valence-electron chi connectivity index (χ3n) is 6.89. The molecule has 45 heavy (non-hydrogen) atoms. The van der Waals surface area contributed by atoms with E-state index in [2.05, 4.69) is 43.5 Å². The third kappa shape index (κ3) is 7.12. The molecule has 2 heterocycles. The number of rotatable bonds is 11. The molecule has 0 N–H and O–H groups in total. The number of esters is 1. The van der Waals surface area contributed by atoms with Gasteiger partial charge in [0, 0.05) is 14.2 Å². The summed E-state index contributed by atoms with van der Waals surface area (Å²) in [6.45, 7) is 5.01. The van der Waals surface area contributed by atoms with Gasteiger partial charge < -0.3 is 23.7 Å². The Morgan fingerprint density at radius 2 is 1.69 bits per heavy atom. The first kappa shape index (κ1) is 32.8. The maximum Gasteiger partial charge on any atom is 0.337 e. The normalized spacial score (nSPS) is 14.2. The van der Waals surface area contributed by atoms with Gasteiger partial charge in [-0.05, 0) is 95.6 Å². The molecule has 9 nitrogen and oxygen atoms in total. The van der Waals surface area contributed by atoms with Gasteiger partial charge in [-0.1, -0.05) is 45.5 Å². The number of carbonyl (C=O) groups is 1. The number of benzene rings is 3. The van der Waals surface area contributed by atoms with Crippen molar-refractivity contribution in [3.05, 3.63) is 111 Å². The van der Waals surface area contributed by atoms with E-state index < -0.39 is 12.0 Å². The monoisotopic (exact) mass is 804 g/mol. The minimum atomic E-state index is -0.791. The first-order chi connectivity index (χ1) is 21.8. The average Bonchev–Trinajstić information content (AvgIpc) is 3.36. The van der Waals surface area contributed by atoms with Crippen LogP contribution in [0.2, 0.25) is 0 Å². The molecule has 0 spiro atoms. The van der Waals surface area contributed by atoms with Crippen molar-refractivity contribution >= 4 is 61.9 Å². The minimum absolute atomic E-state index is 0.223. The van der Waals surface area contributed by atoms with Gasteiger partial charge in [0.2, 0.25) is 0 Å². The first-order valence-electron chi connectivity index (χ1n) is 14.0.